The molecule has 0 fully saturated rings. The average molecular weight is 451 g/mol. The van der Waals surface area contributed by atoms with Crippen LogP contribution in [0.3, 0.4) is 0 Å². The predicted octanol–water partition coefficient (Wildman–Crippen LogP) is 3.41. The van der Waals surface area contributed by atoms with Crippen molar-refractivity contribution in [3.63, 3.8) is 0 Å². The molecule has 0 saturated carbocycles. The maximum Gasteiger partial charge on any atom is 0.305 e. The lowest BCUT2D eigenvalue weighted by molar-refractivity contribution is -0.136. The lowest BCUT2D eigenvalue weighted by atomic mass is 10.1. The number of halogens is 3. The standard InChI is InChI=1S/C21H17ClF2N2O5/c1-10-13(8-16(27)25-6-5-17(28)29)18-15(9-14(23)20(30)19(18)24)26(10)21(31)11-3-2-4-12(22)7-11/h2-4,7,9,30H,5-6,8H2,1H3,(H,25,27)(H,28,29). The summed E-state index contributed by atoms with van der Waals surface area (Å²) in [5.74, 6) is -6.16. The number of carbonyl (C=O) groups is 3. The molecule has 1 heterocycles. The number of phenolic OH excluding ortho intramolecular Hbond substituents is 1. The molecule has 0 radical (unpaired) electrons. The molecule has 0 spiro atoms. The van der Waals surface area contributed by atoms with Crippen molar-refractivity contribution in [2.45, 2.75) is 19.8 Å². The number of hydrogen-bond acceptors (Lipinski definition) is 4. The fourth-order valence-electron chi connectivity index (χ4n) is 3.32. The van der Waals surface area contributed by atoms with E-state index in [9.17, 15) is 28.3 Å². The first kappa shape index (κ1) is 22.2. The molecular weight excluding hydrogens is 434 g/mol. The molecule has 10 heteroatoms. The smallest absolute Gasteiger partial charge is 0.305 e. The fraction of sp³-hybridized carbons (Fsp3) is 0.190. The molecule has 162 valence electrons. The Morgan fingerprint density at radius 3 is 2.55 bits per heavy atom. The van der Waals surface area contributed by atoms with Gasteiger partial charge in [-0.3, -0.25) is 19.0 Å². The number of hydrogen-bond donors (Lipinski definition) is 3. The van der Waals surface area contributed by atoms with Gasteiger partial charge in [0.15, 0.2) is 17.4 Å². The number of aromatic hydroxyl groups is 1. The van der Waals surface area contributed by atoms with Crippen molar-refractivity contribution in [3.8, 4) is 5.75 Å². The van der Waals surface area contributed by atoms with Gasteiger partial charge in [0.2, 0.25) is 5.91 Å². The Balaban J connectivity index is 2.13. The van der Waals surface area contributed by atoms with Gasteiger partial charge in [0.05, 0.1) is 18.4 Å². The molecule has 0 aliphatic heterocycles. The van der Waals surface area contributed by atoms with Gasteiger partial charge in [-0.2, -0.15) is 0 Å². The van der Waals surface area contributed by atoms with Crippen LogP contribution >= 0.6 is 11.6 Å². The van der Waals surface area contributed by atoms with Crippen LogP contribution in [0.15, 0.2) is 30.3 Å². The van der Waals surface area contributed by atoms with Crippen LogP contribution in [0, 0.1) is 18.6 Å². The summed E-state index contributed by atoms with van der Waals surface area (Å²) in [5, 5.41) is 20.8. The Morgan fingerprint density at radius 1 is 1.19 bits per heavy atom. The van der Waals surface area contributed by atoms with E-state index in [1.165, 1.54) is 19.1 Å². The van der Waals surface area contributed by atoms with Crippen molar-refractivity contribution in [2.75, 3.05) is 6.54 Å². The second kappa shape index (κ2) is 8.73. The third-order valence-electron chi connectivity index (χ3n) is 4.76. The molecule has 0 unspecified atom stereocenters. The van der Waals surface area contributed by atoms with Crippen LogP contribution in [0.25, 0.3) is 10.9 Å². The quantitative estimate of drug-likeness (QED) is 0.533. The van der Waals surface area contributed by atoms with E-state index >= 15 is 0 Å². The number of fused-ring (bicyclic) bond motifs is 1. The van der Waals surface area contributed by atoms with Crippen LogP contribution in [-0.2, 0) is 16.0 Å². The average Bonchev–Trinajstić information content (AvgIpc) is 2.96. The van der Waals surface area contributed by atoms with Crippen LogP contribution in [0.2, 0.25) is 5.02 Å². The Hall–Kier alpha value is -3.46. The summed E-state index contributed by atoms with van der Waals surface area (Å²) in [6, 6.07) is 6.78. The highest BCUT2D eigenvalue weighted by Gasteiger charge is 2.27. The van der Waals surface area contributed by atoms with E-state index in [2.05, 4.69) is 5.32 Å². The van der Waals surface area contributed by atoms with Gasteiger partial charge in [0.25, 0.3) is 5.91 Å². The van der Waals surface area contributed by atoms with Gasteiger partial charge in [0, 0.05) is 34.3 Å². The van der Waals surface area contributed by atoms with Crippen molar-refractivity contribution >= 4 is 40.3 Å². The predicted molar refractivity (Wildman–Crippen MR) is 108 cm³/mol. The first-order valence-corrected chi connectivity index (χ1v) is 9.49. The normalized spacial score (nSPS) is 11.0. The van der Waals surface area contributed by atoms with E-state index in [4.69, 9.17) is 16.7 Å². The van der Waals surface area contributed by atoms with E-state index in [1.54, 1.807) is 12.1 Å². The molecule has 2 aromatic carbocycles. The van der Waals surface area contributed by atoms with E-state index < -0.39 is 41.6 Å². The third kappa shape index (κ3) is 4.36. The van der Waals surface area contributed by atoms with Crippen LogP contribution in [0.1, 0.15) is 28.0 Å². The minimum atomic E-state index is -1.30. The zero-order valence-electron chi connectivity index (χ0n) is 16.2. The van der Waals surface area contributed by atoms with E-state index in [1.807, 2.05) is 0 Å². The second-order valence-corrected chi connectivity index (χ2v) is 7.24. The molecule has 31 heavy (non-hydrogen) atoms. The summed E-state index contributed by atoms with van der Waals surface area (Å²) in [7, 11) is 0. The molecule has 0 bridgehead atoms. The molecule has 0 aliphatic carbocycles. The highest BCUT2D eigenvalue weighted by molar-refractivity contribution is 6.31. The number of nitrogens with zero attached hydrogens (tertiary/aromatic N) is 1. The monoisotopic (exact) mass is 450 g/mol. The van der Waals surface area contributed by atoms with E-state index in [0.29, 0.717) is 0 Å². The summed E-state index contributed by atoms with van der Waals surface area (Å²) in [6.07, 6.45) is -0.722. The Morgan fingerprint density at radius 2 is 1.90 bits per heavy atom. The van der Waals surface area contributed by atoms with Crippen LogP contribution < -0.4 is 5.32 Å². The summed E-state index contributed by atoms with van der Waals surface area (Å²) < 4.78 is 29.9. The Kier molecular flexibility index (Phi) is 6.26. The number of carboxylic acids is 1. The van der Waals surface area contributed by atoms with Crippen LogP contribution in [0.4, 0.5) is 8.78 Å². The number of nitrogens with one attached hydrogen (secondary N) is 1. The summed E-state index contributed by atoms with van der Waals surface area (Å²) in [6.45, 7) is 1.31. The number of rotatable bonds is 6. The van der Waals surface area contributed by atoms with Crippen molar-refractivity contribution in [1.29, 1.82) is 0 Å². The van der Waals surface area contributed by atoms with Gasteiger partial charge >= 0.3 is 5.97 Å². The summed E-state index contributed by atoms with van der Waals surface area (Å²) in [4.78, 5) is 36.0. The number of aliphatic carboxylic acids is 1. The highest BCUT2D eigenvalue weighted by Crippen LogP contribution is 2.35. The van der Waals surface area contributed by atoms with Gasteiger partial charge in [-0.25, -0.2) is 8.78 Å². The molecule has 3 rings (SSSR count). The van der Waals surface area contributed by atoms with Crippen molar-refractivity contribution in [1.82, 2.24) is 9.88 Å². The zero-order valence-corrected chi connectivity index (χ0v) is 17.0. The Bertz CT molecular complexity index is 1220. The molecule has 0 atom stereocenters. The lowest BCUT2D eigenvalue weighted by Crippen LogP contribution is -2.27. The molecule has 3 N–H and O–H groups in total. The lowest BCUT2D eigenvalue weighted by Gasteiger charge is -2.08. The van der Waals surface area contributed by atoms with E-state index in [0.717, 1.165) is 10.6 Å². The van der Waals surface area contributed by atoms with E-state index in [-0.39, 0.29) is 45.7 Å². The number of phenols is 1. The molecule has 1 aromatic heterocycles. The maximum atomic E-state index is 14.8. The molecule has 3 aromatic rings. The number of benzene rings is 2. The van der Waals surface area contributed by atoms with Crippen molar-refractivity contribution < 1.29 is 33.4 Å². The minimum Gasteiger partial charge on any atom is -0.503 e. The number of carboxylic acid groups (broad SMARTS) is 1. The minimum absolute atomic E-state index is 0.0611. The number of amides is 1. The molecule has 0 aliphatic rings. The topological polar surface area (TPSA) is 109 Å². The van der Waals surface area contributed by atoms with Crippen LogP contribution in [-0.4, -0.2) is 39.1 Å². The maximum absolute atomic E-state index is 14.8. The highest BCUT2D eigenvalue weighted by atomic mass is 35.5. The molecular formula is C21H17ClF2N2O5. The van der Waals surface area contributed by atoms with Crippen molar-refractivity contribution in [3.05, 3.63) is 63.8 Å². The molecule has 0 saturated heterocycles. The summed E-state index contributed by atoms with van der Waals surface area (Å²) in [5.41, 5.74) is 0.214. The Labute approximate surface area is 179 Å². The largest absolute Gasteiger partial charge is 0.503 e. The van der Waals surface area contributed by atoms with Gasteiger partial charge in [0.1, 0.15) is 0 Å². The van der Waals surface area contributed by atoms with Crippen LogP contribution in [0.5, 0.6) is 5.75 Å². The second-order valence-electron chi connectivity index (χ2n) is 6.80. The van der Waals surface area contributed by atoms with Crippen molar-refractivity contribution in [2.24, 2.45) is 0 Å². The number of aromatic nitrogens is 1. The third-order valence-corrected chi connectivity index (χ3v) is 5.00. The summed E-state index contributed by atoms with van der Waals surface area (Å²) >= 11 is 5.94. The SMILES string of the molecule is Cc1c(CC(=O)NCCC(=O)O)c2c(F)c(O)c(F)cc2n1C(=O)c1cccc(Cl)c1. The number of carbonyl (C=O) groups excluding carboxylic acids is 2. The first-order chi connectivity index (χ1) is 14.6. The van der Waals surface area contributed by atoms with Gasteiger partial charge < -0.3 is 15.5 Å². The van der Waals surface area contributed by atoms with Gasteiger partial charge in [-0.15, -0.1) is 0 Å². The molecule has 7 nitrogen and oxygen atoms in total. The zero-order chi connectivity index (χ0) is 22.9. The van der Waals surface area contributed by atoms with Gasteiger partial charge in [-0.05, 0) is 30.7 Å². The first-order valence-electron chi connectivity index (χ1n) is 9.11. The molecule has 1 amide bonds. The van der Waals surface area contributed by atoms with Gasteiger partial charge in [-0.1, -0.05) is 17.7 Å². The fourth-order valence-corrected chi connectivity index (χ4v) is 3.51.